The number of imidazole rings is 1. The van der Waals surface area contributed by atoms with Gasteiger partial charge in [-0.25, -0.2) is 22.5 Å². The van der Waals surface area contributed by atoms with Crippen LogP contribution < -0.4 is 0 Å². The smallest absolute Gasteiger partial charge is 0.171 e. The Labute approximate surface area is 130 Å². The minimum atomic E-state index is -1.30. The summed E-state index contributed by atoms with van der Waals surface area (Å²) in [6.07, 6.45) is 0. The number of hydrogen-bond acceptors (Lipinski definition) is 1. The summed E-state index contributed by atoms with van der Waals surface area (Å²) in [6.45, 7) is 3.18. The Balaban J connectivity index is 2.37. The van der Waals surface area contributed by atoms with Gasteiger partial charge in [-0.15, -0.1) is 0 Å². The third-order valence-corrected chi connectivity index (χ3v) is 3.57. The molecule has 0 aliphatic carbocycles. The Morgan fingerprint density at radius 1 is 0.913 bits per heavy atom. The van der Waals surface area contributed by atoms with Gasteiger partial charge in [0, 0.05) is 0 Å². The maximum atomic E-state index is 14.2. The van der Waals surface area contributed by atoms with Crippen molar-refractivity contribution in [1.29, 1.82) is 0 Å². The van der Waals surface area contributed by atoms with E-state index in [0.717, 1.165) is 12.1 Å². The van der Waals surface area contributed by atoms with E-state index in [2.05, 4.69) is 4.98 Å². The standard InChI is InChI=1S/C17H12F4N2/c1-9-17(15-13(19)6-7-14(20)16(15)21)23(10(2)22-9)12-5-3-4-11(18)8-12/h3-8H,1-2H3. The Hall–Kier alpha value is -2.63. The van der Waals surface area contributed by atoms with Crippen molar-refractivity contribution in [3.8, 4) is 16.9 Å². The van der Waals surface area contributed by atoms with Gasteiger partial charge in [0.2, 0.25) is 0 Å². The molecule has 0 atom stereocenters. The molecule has 2 aromatic carbocycles. The minimum absolute atomic E-state index is 0.0580. The van der Waals surface area contributed by atoms with Crippen molar-refractivity contribution in [1.82, 2.24) is 9.55 Å². The quantitative estimate of drug-likeness (QED) is 0.494. The molecule has 0 amide bonds. The molecule has 1 aromatic heterocycles. The first-order chi connectivity index (χ1) is 10.9. The fourth-order valence-corrected chi connectivity index (χ4v) is 2.64. The van der Waals surface area contributed by atoms with Crippen molar-refractivity contribution in [2.24, 2.45) is 0 Å². The topological polar surface area (TPSA) is 17.8 Å². The van der Waals surface area contributed by atoms with Crippen LogP contribution in [0.3, 0.4) is 0 Å². The SMILES string of the molecule is Cc1nc(C)n(-c2cccc(F)c2)c1-c1c(F)ccc(F)c1F. The molecule has 1 heterocycles. The van der Waals surface area contributed by atoms with E-state index in [4.69, 9.17) is 0 Å². The van der Waals surface area contributed by atoms with E-state index in [1.807, 2.05) is 0 Å². The molecule has 0 unspecified atom stereocenters. The number of hydrogen-bond donors (Lipinski definition) is 0. The molecule has 2 nitrogen and oxygen atoms in total. The van der Waals surface area contributed by atoms with Gasteiger partial charge in [-0.05, 0) is 44.2 Å². The van der Waals surface area contributed by atoms with Gasteiger partial charge in [-0.3, -0.25) is 4.57 Å². The lowest BCUT2D eigenvalue weighted by Crippen LogP contribution is -2.04. The molecule has 0 radical (unpaired) electrons. The molecule has 0 fully saturated rings. The summed E-state index contributed by atoms with van der Waals surface area (Å²) in [7, 11) is 0. The highest BCUT2D eigenvalue weighted by Gasteiger charge is 2.23. The Morgan fingerprint density at radius 2 is 1.61 bits per heavy atom. The molecule has 0 saturated carbocycles. The van der Waals surface area contributed by atoms with Crippen LogP contribution in [0.5, 0.6) is 0 Å². The summed E-state index contributed by atoms with van der Waals surface area (Å²) >= 11 is 0. The predicted octanol–water partition coefficient (Wildman–Crippen LogP) is 4.71. The zero-order valence-electron chi connectivity index (χ0n) is 12.4. The Bertz CT molecular complexity index is 900. The molecule has 3 aromatic rings. The summed E-state index contributed by atoms with van der Waals surface area (Å²) in [5.41, 5.74) is 0.200. The van der Waals surface area contributed by atoms with Crippen LogP contribution in [0.15, 0.2) is 36.4 Å². The van der Waals surface area contributed by atoms with Crippen LogP contribution in [0.2, 0.25) is 0 Å². The van der Waals surface area contributed by atoms with Crippen LogP contribution in [-0.4, -0.2) is 9.55 Å². The molecular formula is C17H12F4N2. The number of benzene rings is 2. The molecule has 0 saturated heterocycles. The van der Waals surface area contributed by atoms with E-state index < -0.39 is 28.8 Å². The largest absolute Gasteiger partial charge is 0.296 e. The van der Waals surface area contributed by atoms with Crippen molar-refractivity contribution in [3.63, 3.8) is 0 Å². The maximum absolute atomic E-state index is 14.2. The molecule has 0 N–H and O–H groups in total. The zero-order chi connectivity index (χ0) is 16.7. The van der Waals surface area contributed by atoms with Crippen molar-refractivity contribution >= 4 is 0 Å². The lowest BCUT2D eigenvalue weighted by molar-refractivity contribution is 0.498. The van der Waals surface area contributed by atoms with E-state index in [1.54, 1.807) is 19.9 Å². The second kappa shape index (κ2) is 5.53. The number of aromatic nitrogens is 2. The minimum Gasteiger partial charge on any atom is -0.296 e. The fourth-order valence-electron chi connectivity index (χ4n) is 2.64. The summed E-state index contributed by atoms with van der Waals surface area (Å²) in [6, 6.07) is 7.10. The van der Waals surface area contributed by atoms with Gasteiger partial charge in [-0.2, -0.15) is 0 Å². The summed E-state index contributed by atoms with van der Waals surface area (Å²) < 4.78 is 56.8. The number of aryl methyl sites for hydroxylation is 2. The highest BCUT2D eigenvalue weighted by Crippen LogP contribution is 2.33. The molecule has 0 bridgehead atoms. The third-order valence-electron chi connectivity index (χ3n) is 3.57. The van der Waals surface area contributed by atoms with Gasteiger partial charge in [0.15, 0.2) is 11.6 Å². The van der Waals surface area contributed by atoms with Crippen molar-refractivity contribution in [2.45, 2.75) is 13.8 Å². The van der Waals surface area contributed by atoms with Crippen LogP contribution in [0.1, 0.15) is 11.5 Å². The van der Waals surface area contributed by atoms with Crippen LogP contribution in [-0.2, 0) is 0 Å². The van der Waals surface area contributed by atoms with E-state index in [9.17, 15) is 17.6 Å². The van der Waals surface area contributed by atoms with E-state index >= 15 is 0 Å². The normalized spacial score (nSPS) is 11.0. The van der Waals surface area contributed by atoms with Gasteiger partial charge in [-0.1, -0.05) is 6.07 Å². The first-order valence-corrected chi connectivity index (χ1v) is 6.86. The molecule has 3 rings (SSSR count). The second-order valence-electron chi connectivity index (χ2n) is 5.13. The lowest BCUT2D eigenvalue weighted by Gasteiger charge is -2.13. The van der Waals surface area contributed by atoms with Crippen LogP contribution >= 0.6 is 0 Å². The summed E-state index contributed by atoms with van der Waals surface area (Å²) in [5.74, 6) is -3.47. The fraction of sp³-hybridized carbons (Fsp3) is 0.118. The highest BCUT2D eigenvalue weighted by molar-refractivity contribution is 5.67. The van der Waals surface area contributed by atoms with E-state index in [-0.39, 0.29) is 5.69 Å². The molecule has 6 heteroatoms. The predicted molar refractivity (Wildman–Crippen MR) is 78.3 cm³/mol. The lowest BCUT2D eigenvalue weighted by atomic mass is 10.1. The molecule has 0 aliphatic rings. The average molecular weight is 320 g/mol. The van der Waals surface area contributed by atoms with Crippen LogP contribution in [0.4, 0.5) is 17.6 Å². The van der Waals surface area contributed by atoms with Crippen molar-refractivity contribution in [2.75, 3.05) is 0 Å². The molecular weight excluding hydrogens is 308 g/mol. The average Bonchev–Trinajstić information content (AvgIpc) is 2.78. The van der Waals surface area contributed by atoms with Crippen LogP contribution in [0.25, 0.3) is 16.9 Å². The first kappa shape index (κ1) is 15.3. The first-order valence-electron chi connectivity index (χ1n) is 6.86. The molecule has 0 aliphatic heterocycles. The van der Waals surface area contributed by atoms with Gasteiger partial charge < -0.3 is 0 Å². The number of rotatable bonds is 2. The van der Waals surface area contributed by atoms with E-state index in [0.29, 0.717) is 17.2 Å². The van der Waals surface area contributed by atoms with Gasteiger partial charge in [0.1, 0.15) is 17.5 Å². The molecule has 0 spiro atoms. The molecule has 118 valence electrons. The Morgan fingerprint density at radius 3 is 2.30 bits per heavy atom. The highest BCUT2D eigenvalue weighted by atomic mass is 19.2. The van der Waals surface area contributed by atoms with Gasteiger partial charge in [0.05, 0.1) is 22.6 Å². The number of halogens is 4. The monoisotopic (exact) mass is 320 g/mol. The van der Waals surface area contributed by atoms with Crippen LogP contribution in [0, 0.1) is 37.1 Å². The van der Waals surface area contributed by atoms with Crippen molar-refractivity contribution in [3.05, 3.63) is 71.2 Å². The van der Waals surface area contributed by atoms with Crippen molar-refractivity contribution < 1.29 is 17.6 Å². The molecule has 23 heavy (non-hydrogen) atoms. The summed E-state index contributed by atoms with van der Waals surface area (Å²) in [5, 5.41) is 0. The summed E-state index contributed by atoms with van der Waals surface area (Å²) in [4.78, 5) is 4.19. The third kappa shape index (κ3) is 2.50. The zero-order valence-corrected chi connectivity index (χ0v) is 12.4. The van der Waals surface area contributed by atoms with Gasteiger partial charge in [0.25, 0.3) is 0 Å². The Kier molecular flexibility index (Phi) is 3.67. The van der Waals surface area contributed by atoms with Gasteiger partial charge >= 0.3 is 0 Å². The maximum Gasteiger partial charge on any atom is 0.171 e. The number of nitrogens with zero attached hydrogens (tertiary/aromatic N) is 2. The second-order valence-corrected chi connectivity index (χ2v) is 5.13. The van der Waals surface area contributed by atoms with E-state index in [1.165, 1.54) is 22.8 Å².